The number of carbonyl (C=O) groups excluding carboxylic acids is 2. The maximum Gasteiger partial charge on any atom is 0.247 e. The van der Waals surface area contributed by atoms with Crippen molar-refractivity contribution in [1.29, 1.82) is 0 Å². The number of hydrogen-bond donors (Lipinski definition) is 1. The lowest BCUT2D eigenvalue weighted by atomic mass is 9.74. The average Bonchev–Trinajstić information content (AvgIpc) is 3.54. The highest BCUT2D eigenvalue weighted by molar-refractivity contribution is 9.10. The second kappa shape index (κ2) is 11.3. The topological polar surface area (TPSA) is 58.6 Å². The molecular formula is C32H35BrN2O3. The first kappa shape index (κ1) is 26.5. The summed E-state index contributed by atoms with van der Waals surface area (Å²) in [5.74, 6) is 1.36. The predicted molar refractivity (Wildman–Crippen MR) is 153 cm³/mol. The zero-order valence-electron chi connectivity index (χ0n) is 22.0. The molecule has 198 valence electrons. The molecule has 0 heterocycles. The van der Waals surface area contributed by atoms with Gasteiger partial charge in [0.25, 0.3) is 0 Å². The fraction of sp³-hybridized carbons (Fsp3) is 0.375. The standard InChI is InChI=1S/C32H35BrN2O3/c1-22(25-6-4-3-5-7-25)34-31(37)30(26-11-13-27(33)14-12-26)35(32-19-18-24(20-32)21-32)29(36)17-10-23-8-15-28(38-2)16-9-23/h3-9,11-16,22,24,30H,10,17-21H2,1-2H3,(H,34,37). The summed E-state index contributed by atoms with van der Waals surface area (Å²) < 4.78 is 6.22. The highest BCUT2D eigenvalue weighted by Gasteiger charge is 2.57. The Morgan fingerprint density at radius 2 is 1.68 bits per heavy atom. The highest BCUT2D eigenvalue weighted by Crippen LogP contribution is 2.57. The van der Waals surface area contributed by atoms with E-state index in [-0.39, 0.29) is 23.4 Å². The van der Waals surface area contributed by atoms with E-state index in [4.69, 9.17) is 4.74 Å². The van der Waals surface area contributed by atoms with Crippen LogP contribution in [0.1, 0.15) is 67.8 Å². The van der Waals surface area contributed by atoms with Crippen molar-refractivity contribution in [3.05, 3.63) is 100 Å². The Kier molecular flexibility index (Phi) is 7.89. The molecule has 5 nitrogen and oxygen atoms in total. The molecule has 1 N–H and O–H groups in total. The number of ether oxygens (including phenoxy) is 1. The lowest BCUT2D eigenvalue weighted by Gasteiger charge is -2.51. The molecular weight excluding hydrogens is 540 g/mol. The van der Waals surface area contributed by atoms with E-state index in [0.29, 0.717) is 18.8 Å². The van der Waals surface area contributed by atoms with E-state index in [0.717, 1.165) is 52.6 Å². The molecule has 3 aromatic rings. The molecule has 0 saturated heterocycles. The molecule has 38 heavy (non-hydrogen) atoms. The first-order chi connectivity index (χ1) is 18.4. The Balaban J connectivity index is 1.45. The van der Waals surface area contributed by atoms with Crippen LogP contribution < -0.4 is 10.1 Å². The van der Waals surface area contributed by atoms with Gasteiger partial charge in [0.05, 0.1) is 13.2 Å². The third kappa shape index (κ3) is 5.51. The fourth-order valence-electron chi connectivity index (χ4n) is 6.24. The van der Waals surface area contributed by atoms with E-state index in [1.807, 2.05) is 90.7 Å². The number of carbonyl (C=O) groups is 2. The Bertz CT molecular complexity index is 1250. The Labute approximate surface area is 233 Å². The molecule has 2 unspecified atom stereocenters. The Morgan fingerprint density at radius 3 is 2.29 bits per heavy atom. The molecule has 2 amide bonds. The van der Waals surface area contributed by atoms with Gasteiger partial charge >= 0.3 is 0 Å². The molecule has 6 rings (SSSR count). The number of nitrogens with one attached hydrogen (secondary N) is 1. The van der Waals surface area contributed by atoms with Gasteiger partial charge < -0.3 is 15.0 Å². The number of methoxy groups -OCH3 is 1. The molecule has 6 heteroatoms. The van der Waals surface area contributed by atoms with Crippen molar-refractivity contribution in [2.24, 2.45) is 5.92 Å². The van der Waals surface area contributed by atoms with Crippen LogP contribution in [0.25, 0.3) is 0 Å². The summed E-state index contributed by atoms with van der Waals surface area (Å²) in [6.45, 7) is 1.99. The van der Waals surface area contributed by atoms with Crippen molar-refractivity contribution < 1.29 is 14.3 Å². The van der Waals surface area contributed by atoms with Gasteiger partial charge in [0.2, 0.25) is 11.8 Å². The van der Waals surface area contributed by atoms with Crippen LogP contribution in [0, 0.1) is 5.92 Å². The number of hydrogen-bond acceptors (Lipinski definition) is 3. The van der Waals surface area contributed by atoms with Crippen molar-refractivity contribution in [1.82, 2.24) is 10.2 Å². The summed E-state index contributed by atoms with van der Waals surface area (Å²) in [5, 5.41) is 3.23. The van der Waals surface area contributed by atoms with Crippen molar-refractivity contribution in [3.63, 3.8) is 0 Å². The summed E-state index contributed by atoms with van der Waals surface area (Å²) in [5.41, 5.74) is 2.72. The van der Waals surface area contributed by atoms with E-state index in [2.05, 4.69) is 21.2 Å². The third-order valence-corrected chi connectivity index (χ3v) is 8.80. The summed E-state index contributed by atoms with van der Waals surface area (Å²) in [6, 6.07) is 24.8. The molecule has 3 aliphatic rings. The van der Waals surface area contributed by atoms with Crippen LogP contribution in [0.4, 0.5) is 0 Å². The monoisotopic (exact) mass is 574 g/mol. The number of benzene rings is 3. The van der Waals surface area contributed by atoms with Crippen molar-refractivity contribution in [3.8, 4) is 5.75 Å². The number of amides is 2. The minimum atomic E-state index is -0.684. The molecule has 0 aromatic heterocycles. The lowest BCUT2D eigenvalue weighted by molar-refractivity contribution is -0.152. The second-order valence-electron chi connectivity index (χ2n) is 10.7. The van der Waals surface area contributed by atoms with E-state index in [1.165, 1.54) is 0 Å². The smallest absolute Gasteiger partial charge is 0.247 e. The number of fused-ring (bicyclic) bond motifs is 1. The van der Waals surface area contributed by atoms with Crippen LogP contribution in [-0.4, -0.2) is 29.4 Å². The first-order valence-electron chi connectivity index (χ1n) is 13.4. The maximum absolute atomic E-state index is 14.1. The molecule has 3 saturated carbocycles. The summed E-state index contributed by atoms with van der Waals surface area (Å²) in [4.78, 5) is 30.2. The van der Waals surface area contributed by atoms with Gasteiger partial charge in [0.1, 0.15) is 11.8 Å². The quantitative estimate of drug-likeness (QED) is 0.290. The van der Waals surface area contributed by atoms with Crippen molar-refractivity contribution in [2.75, 3.05) is 7.11 Å². The van der Waals surface area contributed by atoms with Crippen LogP contribution >= 0.6 is 15.9 Å². The molecule has 3 aromatic carbocycles. The minimum absolute atomic E-state index is 0.0385. The van der Waals surface area contributed by atoms with Gasteiger partial charge in [-0.15, -0.1) is 0 Å². The van der Waals surface area contributed by atoms with Crippen LogP contribution in [-0.2, 0) is 16.0 Å². The molecule has 3 fully saturated rings. The summed E-state index contributed by atoms with van der Waals surface area (Å²) >= 11 is 3.52. The molecule has 2 atom stereocenters. The van der Waals surface area contributed by atoms with Gasteiger partial charge in [-0.1, -0.05) is 70.5 Å². The van der Waals surface area contributed by atoms with Crippen LogP contribution in [0.5, 0.6) is 5.75 Å². The van der Waals surface area contributed by atoms with Gasteiger partial charge in [0, 0.05) is 16.4 Å². The van der Waals surface area contributed by atoms with Gasteiger partial charge in [-0.05, 0) is 85.9 Å². The van der Waals surface area contributed by atoms with E-state index in [1.54, 1.807) is 7.11 Å². The van der Waals surface area contributed by atoms with E-state index in [9.17, 15) is 9.59 Å². The van der Waals surface area contributed by atoms with Gasteiger partial charge in [-0.3, -0.25) is 9.59 Å². The minimum Gasteiger partial charge on any atom is -0.497 e. The Hall–Kier alpha value is -3.12. The van der Waals surface area contributed by atoms with Gasteiger partial charge in [0.15, 0.2) is 0 Å². The molecule has 0 spiro atoms. The largest absolute Gasteiger partial charge is 0.497 e. The predicted octanol–water partition coefficient (Wildman–Crippen LogP) is 6.78. The molecule has 3 aliphatic carbocycles. The number of halogens is 1. The SMILES string of the molecule is COc1ccc(CCC(=O)N(C(C(=O)NC(C)c2ccccc2)c2ccc(Br)cc2)C23CCC(C2)C3)cc1. The Morgan fingerprint density at radius 1 is 1.00 bits per heavy atom. The zero-order valence-corrected chi connectivity index (χ0v) is 23.6. The number of aryl methyl sites for hydroxylation is 1. The van der Waals surface area contributed by atoms with Crippen molar-refractivity contribution >= 4 is 27.7 Å². The fourth-order valence-corrected chi connectivity index (χ4v) is 6.50. The van der Waals surface area contributed by atoms with Gasteiger partial charge in [-0.25, -0.2) is 0 Å². The van der Waals surface area contributed by atoms with Gasteiger partial charge in [-0.2, -0.15) is 0 Å². The van der Waals surface area contributed by atoms with Crippen LogP contribution in [0.15, 0.2) is 83.3 Å². The number of rotatable bonds is 10. The lowest BCUT2D eigenvalue weighted by Crippen LogP contribution is -2.59. The number of nitrogens with zero attached hydrogens (tertiary/aromatic N) is 1. The second-order valence-corrected chi connectivity index (χ2v) is 11.7. The molecule has 0 radical (unpaired) electrons. The van der Waals surface area contributed by atoms with E-state index >= 15 is 0 Å². The molecule has 0 aliphatic heterocycles. The highest BCUT2D eigenvalue weighted by atomic mass is 79.9. The normalized spacial score (nSPS) is 21.2. The summed E-state index contributed by atoms with van der Waals surface area (Å²) in [7, 11) is 1.65. The first-order valence-corrected chi connectivity index (χ1v) is 14.2. The van der Waals surface area contributed by atoms with Crippen molar-refractivity contribution in [2.45, 2.75) is 63.1 Å². The average molecular weight is 576 g/mol. The van der Waals surface area contributed by atoms with Crippen LogP contribution in [0.3, 0.4) is 0 Å². The van der Waals surface area contributed by atoms with Crippen LogP contribution in [0.2, 0.25) is 0 Å². The van der Waals surface area contributed by atoms with E-state index < -0.39 is 6.04 Å². The third-order valence-electron chi connectivity index (χ3n) is 8.27. The molecule has 2 bridgehead atoms. The summed E-state index contributed by atoms with van der Waals surface area (Å²) in [6.07, 6.45) is 5.02. The maximum atomic E-state index is 14.1. The zero-order chi connectivity index (χ0) is 26.7.